The largest absolute Gasteiger partial charge is 0.490 e. The third-order valence-corrected chi connectivity index (χ3v) is 6.73. The predicted molar refractivity (Wildman–Crippen MR) is 91.0 cm³/mol. The first-order chi connectivity index (χ1) is 12.6. The molecule has 1 aromatic rings. The van der Waals surface area contributed by atoms with Crippen molar-refractivity contribution in [1.29, 1.82) is 0 Å². The summed E-state index contributed by atoms with van der Waals surface area (Å²) in [5, 5.41) is 0. The van der Waals surface area contributed by atoms with Crippen molar-refractivity contribution in [2.45, 2.75) is 32.6 Å². The second kappa shape index (κ2) is 9.70. The Bertz CT molecular complexity index is 920. The van der Waals surface area contributed by atoms with E-state index in [1.807, 2.05) is 4.98 Å². The van der Waals surface area contributed by atoms with Crippen LogP contribution in [0.2, 0.25) is 0 Å². The van der Waals surface area contributed by atoms with Gasteiger partial charge in [-0.25, -0.2) is 18.5 Å². The summed E-state index contributed by atoms with van der Waals surface area (Å²) >= 11 is 0. The molecule has 0 amide bonds. The molecule has 4 unspecified atom stereocenters. The van der Waals surface area contributed by atoms with E-state index in [0.717, 1.165) is 10.6 Å². The van der Waals surface area contributed by atoms with Gasteiger partial charge in [-0.1, -0.05) is 6.92 Å². The molecule has 162 valence electrons. The summed E-state index contributed by atoms with van der Waals surface area (Å²) in [6.45, 7) is 2.36. The summed E-state index contributed by atoms with van der Waals surface area (Å²) in [6.07, 6.45) is -0.489. The van der Waals surface area contributed by atoms with E-state index in [-0.39, 0.29) is 6.42 Å². The lowest BCUT2D eigenvalue weighted by Gasteiger charge is -2.23. The molecule has 0 saturated heterocycles. The average Bonchev–Trinajstić information content (AvgIpc) is 2.47. The average molecular weight is 468 g/mol. The molecule has 0 radical (unpaired) electrons. The summed E-state index contributed by atoms with van der Waals surface area (Å²) < 4.78 is 51.6. The molecule has 1 heterocycles. The highest BCUT2D eigenvalue weighted by atomic mass is 31.3. The molecular formula is C10H19N2O13P3. The maximum atomic E-state index is 11.7. The van der Waals surface area contributed by atoms with Gasteiger partial charge in [0.25, 0.3) is 5.56 Å². The number of ether oxygens (including phenoxy) is 1. The third-order valence-electron chi connectivity index (χ3n) is 2.93. The molecule has 18 heteroatoms. The zero-order valence-corrected chi connectivity index (χ0v) is 17.2. The van der Waals surface area contributed by atoms with Crippen LogP contribution in [0.15, 0.2) is 21.9 Å². The SMILES string of the molecule is CCC(COP(=O)(O)OP(=O)(O)OP(=O)(O)O)OC(C)n1ccc(=O)[nH]c1=O. The lowest BCUT2D eigenvalue weighted by Crippen LogP contribution is -2.33. The molecule has 5 N–H and O–H groups in total. The van der Waals surface area contributed by atoms with Crippen LogP contribution in [0, 0.1) is 0 Å². The highest BCUT2D eigenvalue weighted by molar-refractivity contribution is 7.66. The zero-order chi connectivity index (χ0) is 21.8. The fourth-order valence-corrected chi connectivity index (χ4v) is 4.84. The van der Waals surface area contributed by atoms with Crippen LogP contribution in [0.3, 0.4) is 0 Å². The van der Waals surface area contributed by atoms with E-state index in [4.69, 9.17) is 19.4 Å². The van der Waals surface area contributed by atoms with E-state index < -0.39 is 53.7 Å². The zero-order valence-electron chi connectivity index (χ0n) is 14.5. The van der Waals surface area contributed by atoms with Gasteiger partial charge in [0.05, 0.1) is 12.7 Å². The smallest absolute Gasteiger partial charge is 0.353 e. The molecule has 0 fully saturated rings. The second-order valence-corrected chi connectivity index (χ2v) is 9.59. The van der Waals surface area contributed by atoms with Gasteiger partial charge >= 0.3 is 29.2 Å². The number of nitrogens with one attached hydrogen (secondary N) is 1. The minimum Gasteiger partial charge on any atom is -0.353 e. The van der Waals surface area contributed by atoms with Crippen LogP contribution < -0.4 is 11.2 Å². The molecular weight excluding hydrogens is 449 g/mol. The van der Waals surface area contributed by atoms with Crippen LogP contribution >= 0.6 is 23.5 Å². The van der Waals surface area contributed by atoms with E-state index in [9.17, 15) is 28.2 Å². The van der Waals surface area contributed by atoms with E-state index in [2.05, 4.69) is 13.1 Å². The van der Waals surface area contributed by atoms with Crippen LogP contribution in [0.1, 0.15) is 26.5 Å². The Hall–Kier alpha value is -0.950. The number of phosphoric ester groups is 1. The first-order valence-corrected chi connectivity index (χ1v) is 11.9. The fraction of sp³-hybridized carbons (Fsp3) is 0.600. The normalized spacial score (nSPS) is 18.8. The van der Waals surface area contributed by atoms with Crippen LogP contribution in [0.5, 0.6) is 0 Å². The summed E-state index contributed by atoms with van der Waals surface area (Å²) in [6, 6.07) is 1.08. The van der Waals surface area contributed by atoms with Gasteiger partial charge in [-0.2, -0.15) is 8.62 Å². The highest BCUT2D eigenvalue weighted by Gasteiger charge is 2.41. The van der Waals surface area contributed by atoms with Crippen molar-refractivity contribution in [2.24, 2.45) is 0 Å². The van der Waals surface area contributed by atoms with Gasteiger partial charge in [0.2, 0.25) is 0 Å². The van der Waals surface area contributed by atoms with Crippen molar-refractivity contribution in [1.82, 2.24) is 9.55 Å². The monoisotopic (exact) mass is 468 g/mol. The molecule has 0 aliphatic rings. The Morgan fingerprint density at radius 3 is 2.21 bits per heavy atom. The number of aromatic nitrogens is 2. The Balaban J connectivity index is 2.73. The van der Waals surface area contributed by atoms with Gasteiger partial charge in [-0.05, 0) is 13.3 Å². The number of nitrogens with zero attached hydrogens (tertiary/aromatic N) is 1. The number of rotatable bonds is 11. The van der Waals surface area contributed by atoms with Gasteiger partial charge in [0.1, 0.15) is 6.23 Å². The van der Waals surface area contributed by atoms with E-state index in [1.165, 1.54) is 13.1 Å². The van der Waals surface area contributed by atoms with Crippen LogP contribution in [-0.4, -0.2) is 41.8 Å². The fourth-order valence-electron chi connectivity index (χ4n) is 1.79. The van der Waals surface area contributed by atoms with Crippen LogP contribution in [0.4, 0.5) is 0 Å². The van der Waals surface area contributed by atoms with E-state index in [1.54, 1.807) is 6.92 Å². The van der Waals surface area contributed by atoms with Crippen molar-refractivity contribution in [2.75, 3.05) is 6.61 Å². The quantitative estimate of drug-likeness (QED) is 0.274. The highest BCUT2D eigenvalue weighted by Crippen LogP contribution is 2.66. The van der Waals surface area contributed by atoms with Crippen molar-refractivity contribution < 1.29 is 51.2 Å². The molecule has 0 aromatic carbocycles. The van der Waals surface area contributed by atoms with Crippen molar-refractivity contribution in [3.8, 4) is 0 Å². The van der Waals surface area contributed by atoms with Gasteiger partial charge in [-0.3, -0.25) is 18.9 Å². The first kappa shape index (κ1) is 25.1. The minimum absolute atomic E-state index is 0.193. The molecule has 1 rings (SSSR count). The molecule has 4 atom stereocenters. The molecule has 15 nitrogen and oxygen atoms in total. The van der Waals surface area contributed by atoms with Crippen LogP contribution in [0.25, 0.3) is 0 Å². The number of hydrogen-bond donors (Lipinski definition) is 5. The Morgan fingerprint density at radius 2 is 1.71 bits per heavy atom. The third kappa shape index (κ3) is 9.03. The molecule has 28 heavy (non-hydrogen) atoms. The summed E-state index contributed by atoms with van der Waals surface area (Å²) in [5.41, 5.74) is -1.38. The summed E-state index contributed by atoms with van der Waals surface area (Å²) in [7, 11) is -16.4. The molecule has 1 aromatic heterocycles. The molecule has 0 aliphatic carbocycles. The van der Waals surface area contributed by atoms with Crippen LogP contribution in [-0.2, 0) is 31.6 Å². The van der Waals surface area contributed by atoms with Gasteiger partial charge in [0, 0.05) is 12.3 Å². The summed E-state index contributed by atoms with van der Waals surface area (Å²) in [5.74, 6) is 0. The molecule has 0 aliphatic heterocycles. The van der Waals surface area contributed by atoms with Gasteiger partial charge in [-0.15, -0.1) is 0 Å². The van der Waals surface area contributed by atoms with Gasteiger partial charge < -0.3 is 24.3 Å². The number of H-pyrrole nitrogens is 1. The maximum absolute atomic E-state index is 11.7. The number of phosphoric acid groups is 3. The number of aromatic amines is 1. The van der Waals surface area contributed by atoms with E-state index in [0.29, 0.717) is 0 Å². The van der Waals surface area contributed by atoms with Crippen molar-refractivity contribution in [3.63, 3.8) is 0 Å². The lowest BCUT2D eigenvalue weighted by atomic mass is 10.3. The maximum Gasteiger partial charge on any atom is 0.490 e. The van der Waals surface area contributed by atoms with Gasteiger partial charge in [0.15, 0.2) is 0 Å². The number of hydrogen-bond acceptors (Lipinski definition) is 9. The van der Waals surface area contributed by atoms with E-state index >= 15 is 0 Å². The van der Waals surface area contributed by atoms with Crippen molar-refractivity contribution >= 4 is 23.5 Å². The Morgan fingerprint density at radius 1 is 1.11 bits per heavy atom. The lowest BCUT2D eigenvalue weighted by molar-refractivity contribution is -0.0672. The molecule has 0 saturated carbocycles. The first-order valence-electron chi connectivity index (χ1n) is 7.39. The standard InChI is InChI=1S/C10H19N2O13P3/c1-3-8(23-7(2)12-5-4-9(13)11-10(12)14)6-22-27(18,19)25-28(20,21)24-26(15,16)17/h4-5,7-8H,3,6H2,1-2H3,(H,18,19)(H,20,21)(H,11,13,14)(H2,15,16,17). The predicted octanol–water partition coefficient (Wildman–Crippen LogP) is 0.194. The second-order valence-electron chi connectivity index (χ2n) is 5.17. The molecule has 0 spiro atoms. The topological polar surface area (TPSA) is 224 Å². The van der Waals surface area contributed by atoms with Crippen molar-refractivity contribution in [3.05, 3.63) is 33.1 Å². The Labute approximate surface area is 157 Å². The Kier molecular flexibility index (Phi) is 8.69. The molecule has 0 bridgehead atoms. The summed E-state index contributed by atoms with van der Waals surface area (Å²) in [4.78, 5) is 60.1. The minimum atomic E-state index is -5.61.